The molecule has 0 spiro atoms. The van der Waals surface area contributed by atoms with Gasteiger partial charge in [-0.3, -0.25) is 0 Å². The molecule has 1 aromatic heterocycles. The zero-order chi connectivity index (χ0) is 12.2. The molecule has 0 amide bonds. The molecule has 2 rings (SSSR count). The Kier molecular flexibility index (Phi) is 4.16. The molecule has 0 aliphatic carbocycles. The highest BCUT2D eigenvalue weighted by molar-refractivity contribution is 5.42. The summed E-state index contributed by atoms with van der Waals surface area (Å²) < 4.78 is 11.4. The molecule has 0 bridgehead atoms. The molecule has 2 heterocycles. The first-order valence-corrected chi connectivity index (χ1v) is 5.92. The summed E-state index contributed by atoms with van der Waals surface area (Å²) >= 11 is 0. The van der Waals surface area contributed by atoms with Crippen molar-refractivity contribution in [2.75, 3.05) is 6.61 Å². The molecule has 0 fully saturated rings. The van der Waals surface area contributed by atoms with Crippen LogP contribution in [0.3, 0.4) is 0 Å². The van der Waals surface area contributed by atoms with Gasteiger partial charge < -0.3 is 9.47 Å². The molecule has 1 aliphatic heterocycles. The summed E-state index contributed by atoms with van der Waals surface area (Å²) in [7, 11) is 0. The fourth-order valence-electron chi connectivity index (χ4n) is 1.51. The van der Waals surface area contributed by atoms with Gasteiger partial charge in [-0.1, -0.05) is 20.8 Å². The second-order valence-electron chi connectivity index (χ2n) is 4.11. The normalized spacial score (nSPS) is 16.1. The SMILES string of the molecule is CC.CCc1ccnc2c1OCC(C)(C)O2. The molecule has 0 radical (unpaired) electrons. The van der Waals surface area contributed by atoms with Crippen molar-refractivity contribution < 1.29 is 9.47 Å². The highest BCUT2D eigenvalue weighted by atomic mass is 16.6. The molecule has 0 atom stereocenters. The number of hydrogen-bond acceptors (Lipinski definition) is 3. The molecule has 0 unspecified atom stereocenters. The van der Waals surface area contributed by atoms with E-state index in [4.69, 9.17) is 9.47 Å². The van der Waals surface area contributed by atoms with Gasteiger partial charge in [0, 0.05) is 11.8 Å². The Morgan fingerprint density at radius 1 is 1.38 bits per heavy atom. The Bertz CT molecular complexity index is 348. The van der Waals surface area contributed by atoms with Gasteiger partial charge in [-0.25, -0.2) is 4.98 Å². The minimum absolute atomic E-state index is 0.271. The van der Waals surface area contributed by atoms with E-state index >= 15 is 0 Å². The molecule has 0 N–H and O–H groups in total. The number of aromatic nitrogens is 1. The summed E-state index contributed by atoms with van der Waals surface area (Å²) in [5.74, 6) is 1.44. The zero-order valence-electron chi connectivity index (χ0n) is 10.8. The zero-order valence-corrected chi connectivity index (χ0v) is 10.8. The summed E-state index contributed by atoms with van der Waals surface area (Å²) in [6.07, 6.45) is 2.71. The van der Waals surface area contributed by atoms with Crippen LogP contribution in [0.1, 0.15) is 40.2 Å². The number of nitrogens with zero attached hydrogens (tertiary/aromatic N) is 1. The molecule has 1 aromatic rings. The van der Waals surface area contributed by atoms with E-state index in [1.807, 2.05) is 33.8 Å². The van der Waals surface area contributed by atoms with Crippen LogP contribution < -0.4 is 9.47 Å². The minimum atomic E-state index is -0.271. The Balaban J connectivity index is 0.000000606. The first-order valence-electron chi connectivity index (χ1n) is 5.92. The lowest BCUT2D eigenvalue weighted by Crippen LogP contribution is -2.39. The van der Waals surface area contributed by atoms with Crippen LogP contribution in [0.2, 0.25) is 0 Å². The maximum absolute atomic E-state index is 5.73. The number of hydrogen-bond donors (Lipinski definition) is 0. The van der Waals surface area contributed by atoms with Crippen molar-refractivity contribution in [1.29, 1.82) is 0 Å². The predicted molar refractivity (Wildman–Crippen MR) is 65.2 cm³/mol. The Morgan fingerprint density at radius 2 is 2.06 bits per heavy atom. The van der Waals surface area contributed by atoms with Crippen LogP contribution in [0.25, 0.3) is 0 Å². The van der Waals surface area contributed by atoms with Gasteiger partial charge in [0.25, 0.3) is 5.88 Å². The van der Waals surface area contributed by atoms with Crippen LogP contribution >= 0.6 is 0 Å². The second-order valence-corrected chi connectivity index (χ2v) is 4.11. The van der Waals surface area contributed by atoms with E-state index in [0.717, 1.165) is 17.7 Å². The lowest BCUT2D eigenvalue weighted by atomic mass is 10.1. The maximum Gasteiger partial charge on any atom is 0.257 e. The van der Waals surface area contributed by atoms with E-state index in [-0.39, 0.29) is 5.60 Å². The molecule has 3 heteroatoms. The van der Waals surface area contributed by atoms with Crippen LogP contribution in [0.5, 0.6) is 11.6 Å². The summed E-state index contributed by atoms with van der Waals surface area (Å²) in [6.45, 7) is 10.7. The fraction of sp³-hybridized carbons (Fsp3) is 0.615. The highest BCUT2D eigenvalue weighted by Gasteiger charge is 2.30. The summed E-state index contributed by atoms with van der Waals surface area (Å²) in [5, 5.41) is 0. The Morgan fingerprint density at radius 3 is 2.69 bits per heavy atom. The molecule has 3 nitrogen and oxygen atoms in total. The van der Waals surface area contributed by atoms with Crippen LogP contribution in [-0.4, -0.2) is 17.2 Å². The maximum atomic E-state index is 5.73. The van der Waals surface area contributed by atoms with Gasteiger partial charge in [0.05, 0.1) is 0 Å². The lowest BCUT2D eigenvalue weighted by Gasteiger charge is -2.32. The molecule has 0 aromatic carbocycles. The van der Waals surface area contributed by atoms with E-state index in [2.05, 4.69) is 11.9 Å². The third kappa shape index (κ3) is 2.65. The second kappa shape index (κ2) is 5.19. The van der Waals surface area contributed by atoms with E-state index in [1.165, 1.54) is 0 Å². The van der Waals surface area contributed by atoms with E-state index in [0.29, 0.717) is 12.5 Å². The van der Waals surface area contributed by atoms with Gasteiger partial charge in [0.15, 0.2) is 5.75 Å². The van der Waals surface area contributed by atoms with Gasteiger partial charge in [-0.2, -0.15) is 0 Å². The Labute approximate surface area is 97.8 Å². The molecular weight excluding hydrogens is 202 g/mol. The van der Waals surface area contributed by atoms with E-state index < -0.39 is 0 Å². The van der Waals surface area contributed by atoms with Crippen molar-refractivity contribution in [3.8, 4) is 11.6 Å². The lowest BCUT2D eigenvalue weighted by molar-refractivity contribution is 0.0155. The van der Waals surface area contributed by atoms with Crippen LogP contribution in [0.15, 0.2) is 12.3 Å². The molecule has 1 aliphatic rings. The molecule has 0 saturated carbocycles. The average molecular weight is 223 g/mol. The van der Waals surface area contributed by atoms with Crippen molar-refractivity contribution in [3.63, 3.8) is 0 Å². The van der Waals surface area contributed by atoms with Crippen LogP contribution in [-0.2, 0) is 6.42 Å². The number of pyridine rings is 1. The van der Waals surface area contributed by atoms with E-state index in [1.54, 1.807) is 6.20 Å². The molecular formula is C13H21NO2. The minimum Gasteiger partial charge on any atom is -0.484 e. The quantitative estimate of drug-likeness (QED) is 0.732. The van der Waals surface area contributed by atoms with Crippen molar-refractivity contribution in [3.05, 3.63) is 17.8 Å². The van der Waals surface area contributed by atoms with Gasteiger partial charge in [-0.15, -0.1) is 0 Å². The first kappa shape index (κ1) is 12.8. The van der Waals surface area contributed by atoms with Crippen molar-refractivity contribution in [2.24, 2.45) is 0 Å². The largest absolute Gasteiger partial charge is 0.484 e. The number of ether oxygens (including phenoxy) is 2. The van der Waals surface area contributed by atoms with Crippen molar-refractivity contribution >= 4 is 0 Å². The van der Waals surface area contributed by atoms with E-state index in [9.17, 15) is 0 Å². The molecule has 0 saturated heterocycles. The third-order valence-electron chi connectivity index (χ3n) is 2.27. The monoisotopic (exact) mass is 223 g/mol. The van der Waals surface area contributed by atoms with Gasteiger partial charge in [-0.05, 0) is 26.3 Å². The number of rotatable bonds is 1. The topological polar surface area (TPSA) is 31.4 Å². The molecule has 90 valence electrons. The first-order chi connectivity index (χ1) is 7.62. The Hall–Kier alpha value is -1.25. The van der Waals surface area contributed by atoms with Crippen molar-refractivity contribution in [1.82, 2.24) is 4.98 Å². The summed E-state index contributed by atoms with van der Waals surface area (Å²) in [5.41, 5.74) is 0.886. The van der Waals surface area contributed by atoms with Gasteiger partial charge in [0.1, 0.15) is 12.2 Å². The standard InChI is InChI=1S/C11H15NO2.C2H6/c1-4-8-5-6-12-10-9(8)13-7-11(2,3)14-10;1-2/h5-6H,4,7H2,1-3H3;1-2H3. The van der Waals surface area contributed by atoms with Crippen LogP contribution in [0.4, 0.5) is 0 Å². The van der Waals surface area contributed by atoms with Crippen LogP contribution in [0, 0.1) is 0 Å². The molecule has 16 heavy (non-hydrogen) atoms. The predicted octanol–water partition coefficient (Wildman–Crippen LogP) is 3.22. The summed E-state index contributed by atoms with van der Waals surface area (Å²) in [4.78, 5) is 4.18. The van der Waals surface area contributed by atoms with Gasteiger partial charge in [0.2, 0.25) is 0 Å². The van der Waals surface area contributed by atoms with Gasteiger partial charge >= 0.3 is 0 Å². The smallest absolute Gasteiger partial charge is 0.257 e. The average Bonchev–Trinajstić information content (AvgIpc) is 2.29. The number of fused-ring (bicyclic) bond motifs is 1. The third-order valence-corrected chi connectivity index (χ3v) is 2.27. The number of aryl methyl sites for hydroxylation is 1. The summed E-state index contributed by atoms with van der Waals surface area (Å²) in [6, 6.07) is 1.97. The highest BCUT2D eigenvalue weighted by Crippen LogP contribution is 2.35. The fourth-order valence-corrected chi connectivity index (χ4v) is 1.51. The van der Waals surface area contributed by atoms with Crippen molar-refractivity contribution in [2.45, 2.75) is 46.6 Å².